The minimum absolute atomic E-state index is 0. The Morgan fingerprint density at radius 2 is 1.00 bits per heavy atom. The molecule has 2 saturated heterocycles. The van der Waals surface area contributed by atoms with Crippen LogP contribution in [0.1, 0.15) is 62.2 Å². The number of amides is 4. The number of carbonyl (C=O) groups is 7. The number of benzene rings is 2. The van der Waals surface area contributed by atoms with Crippen molar-refractivity contribution in [3.05, 3.63) is 70.8 Å². The summed E-state index contributed by atoms with van der Waals surface area (Å²) in [7, 11) is 4.31. The van der Waals surface area contributed by atoms with E-state index in [0.29, 0.717) is 0 Å². The normalized spacial score (nSPS) is 27.6. The Balaban J connectivity index is 0.000000391. The number of esters is 3. The van der Waals surface area contributed by atoms with E-state index in [1.54, 1.807) is 24.3 Å². The molecule has 21 nitrogen and oxygen atoms in total. The zero-order chi connectivity index (χ0) is 44.3. The monoisotopic (exact) mass is 858 g/mol. The smallest absolute Gasteiger partial charge is 0.857 e. The van der Waals surface area contributed by atoms with Crippen LogP contribution in [0, 0.1) is 0 Å². The molecular weight excluding hydrogens is 811 g/mol. The van der Waals surface area contributed by atoms with E-state index in [9.17, 15) is 48.9 Å². The van der Waals surface area contributed by atoms with Gasteiger partial charge in [0.25, 0.3) is 23.6 Å². The molecule has 4 heterocycles. The van der Waals surface area contributed by atoms with Crippen molar-refractivity contribution in [2.24, 2.45) is 0 Å². The van der Waals surface area contributed by atoms with Crippen LogP contribution in [0.2, 0.25) is 0 Å². The van der Waals surface area contributed by atoms with Crippen molar-refractivity contribution in [2.75, 3.05) is 41.7 Å². The van der Waals surface area contributed by atoms with Gasteiger partial charge in [0.1, 0.15) is 43.1 Å². The van der Waals surface area contributed by atoms with Gasteiger partial charge in [0.15, 0.2) is 24.8 Å². The Labute approximate surface area is 366 Å². The molecule has 2 fully saturated rings. The first kappa shape index (κ1) is 51.9. The first-order valence-electron chi connectivity index (χ1n) is 17.8. The Morgan fingerprint density at radius 3 is 1.37 bits per heavy atom. The SMILES string of the molecule is CO.COC1OC(CO)C(O)C(O)C1N1C(=O)c2ccccc2C1=O.COC1OC(COC(C)=O)C(OC(C)=O)C(OC(C)=O)C1N1C(=O)c2ccccc2C1=O.C[O-].[Na+]. The molecule has 4 N–H and O–H groups in total. The van der Waals surface area contributed by atoms with Crippen molar-refractivity contribution in [2.45, 2.75) is 82.1 Å². The molecule has 10 unspecified atom stereocenters. The van der Waals surface area contributed by atoms with Gasteiger partial charge >= 0.3 is 47.5 Å². The van der Waals surface area contributed by atoms with E-state index >= 15 is 0 Å². The molecule has 22 heteroatoms. The Bertz CT molecular complexity index is 1770. The average Bonchev–Trinajstić information content (AvgIpc) is 3.63. The quantitative estimate of drug-likeness (QED) is 0.0793. The number of imide groups is 2. The standard InChI is InChI=1S/C21H23NO10.C15H17NO7.CH4O.CH3O.Na/c1-10(23)29-9-15-17(30-11(2)24)18(31-12(3)25)16(21(28-4)32-15)22-19(26)13-7-5-6-8-14(13)20(22)27;1-22-15-10(12(19)11(18)9(6-17)23-15)16-13(20)7-4-2-3-5-8(7)14(16)21;2*1-2;/h5-8,15-18,21H,9H2,1-4H3;2-5,9-12,15,17-19H,6H2,1H3;2H,1H3;1H3;/q;;;-1;+1. The molecule has 4 aliphatic heterocycles. The topological polar surface area (TPSA) is 295 Å². The molecule has 0 saturated carbocycles. The first-order chi connectivity index (χ1) is 28.2. The molecule has 4 amide bonds. The molecule has 6 rings (SSSR count). The summed E-state index contributed by atoms with van der Waals surface area (Å²) in [6.45, 7) is 2.56. The third kappa shape index (κ3) is 11.0. The molecule has 60 heavy (non-hydrogen) atoms. The van der Waals surface area contributed by atoms with Crippen molar-refractivity contribution in [3.63, 3.8) is 0 Å². The van der Waals surface area contributed by atoms with Gasteiger partial charge in [0.2, 0.25) is 0 Å². The number of rotatable bonds is 9. The van der Waals surface area contributed by atoms with E-state index in [1.807, 2.05) is 0 Å². The molecule has 0 aliphatic carbocycles. The molecule has 0 spiro atoms. The summed E-state index contributed by atoms with van der Waals surface area (Å²) in [5, 5.41) is 44.8. The predicted molar refractivity (Wildman–Crippen MR) is 194 cm³/mol. The summed E-state index contributed by atoms with van der Waals surface area (Å²) in [5.74, 6) is -4.56. The molecule has 10 atom stereocenters. The third-order valence-electron chi connectivity index (χ3n) is 9.23. The van der Waals surface area contributed by atoms with Gasteiger partial charge in [-0.1, -0.05) is 24.3 Å². The summed E-state index contributed by atoms with van der Waals surface area (Å²) in [6.07, 6.45) is -10.2. The summed E-state index contributed by atoms with van der Waals surface area (Å²) < 4.78 is 37.4. The van der Waals surface area contributed by atoms with Crippen LogP contribution in [0.4, 0.5) is 0 Å². The third-order valence-corrected chi connectivity index (χ3v) is 9.23. The number of hydrogen-bond acceptors (Lipinski definition) is 19. The Hall–Kier alpha value is -4.23. The molecule has 4 aliphatic rings. The molecular formula is C38H47N2NaO19. The maximum Gasteiger partial charge on any atom is 1.00 e. The average molecular weight is 859 g/mol. The Morgan fingerprint density at radius 1 is 0.633 bits per heavy atom. The fourth-order valence-corrected chi connectivity index (χ4v) is 6.85. The maximum absolute atomic E-state index is 13.1. The van der Waals surface area contributed by atoms with Crippen LogP contribution >= 0.6 is 0 Å². The van der Waals surface area contributed by atoms with Crippen LogP contribution in [-0.4, -0.2) is 175 Å². The second kappa shape index (κ2) is 23.7. The van der Waals surface area contributed by atoms with Crippen LogP contribution < -0.4 is 34.7 Å². The minimum Gasteiger partial charge on any atom is -0.857 e. The van der Waals surface area contributed by atoms with Crippen molar-refractivity contribution in [3.8, 4) is 0 Å². The molecule has 0 radical (unpaired) electrons. The van der Waals surface area contributed by atoms with E-state index < -0.39 is 109 Å². The number of aliphatic hydroxyl groups is 4. The van der Waals surface area contributed by atoms with E-state index in [0.717, 1.165) is 37.9 Å². The molecule has 2 aromatic rings. The van der Waals surface area contributed by atoms with Gasteiger partial charge in [0, 0.05) is 42.1 Å². The van der Waals surface area contributed by atoms with Crippen LogP contribution in [0.3, 0.4) is 0 Å². The van der Waals surface area contributed by atoms with Gasteiger partial charge in [-0.05, 0) is 24.3 Å². The summed E-state index contributed by atoms with van der Waals surface area (Å²) in [5.41, 5.74) is 0.775. The van der Waals surface area contributed by atoms with Gasteiger partial charge in [0.05, 0.1) is 28.9 Å². The van der Waals surface area contributed by atoms with Crippen molar-refractivity contribution in [1.29, 1.82) is 0 Å². The van der Waals surface area contributed by atoms with Crippen molar-refractivity contribution < 1.29 is 122 Å². The molecule has 0 bridgehead atoms. The fourth-order valence-electron chi connectivity index (χ4n) is 6.85. The van der Waals surface area contributed by atoms with Crippen LogP contribution in [0.5, 0.6) is 0 Å². The van der Waals surface area contributed by atoms with E-state index in [4.69, 9.17) is 43.4 Å². The van der Waals surface area contributed by atoms with Crippen LogP contribution in [0.25, 0.3) is 0 Å². The molecule has 324 valence electrons. The summed E-state index contributed by atoms with van der Waals surface area (Å²) in [4.78, 5) is 88.0. The maximum atomic E-state index is 13.1. The fraction of sp³-hybridized carbons (Fsp3) is 0.500. The predicted octanol–water partition coefficient (Wildman–Crippen LogP) is -5.23. The summed E-state index contributed by atoms with van der Waals surface area (Å²) in [6, 6.07) is 10.00. The number of aliphatic hydroxyl groups excluding tert-OH is 4. The van der Waals surface area contributed by atoms with Gasteiger partial charge < -0.3 is 58.7 Å². The largest absolute Gasteiger partial charge is 1.00 e. The zero-order valence-corrected chi connectivity index (χ0v) is 36.1. The minimum atomic E-state index is -1.51. The van der Waals surface area contributed by atoms with Crippen LogP contribution in [0.15, 0.2) is 48.5 Å². The van der Waals surface area contributed by atoms with Crippen molar-refractivity contribution >= 4 is 41.5 Å². The first-order valence-corrected chi connectivity index (χ1v) is 17.8. The van der Waals surface area contributed by atoms with E-state index in [2.05, 4.69) is 0 Å². The Kier molecular flexibility index (Phi) is 20.5. The van der Waals surface area contributed by atoms with Crippen LogP contribution in [-0.2, 0) is 47.5 Å². The second-order valence-electron chi connectivity index (χ2n) is 12.7. The molecule has 0 aromatic heterocycles. The number of ether oxygens (including phenoxy) is 7. The number of carbonyl (C=O) groups excluding carboxylic acids is 7. The van der Waals surface area contributed by atoms with E-state index in [-0.39, 0.29) is 58.4 Å². The van der Waals surface area contributed by atoms with Crippen molar-refractivity contribution in [1.82, 2.24) is 9.80 Å². The van der Waals surface area contributed by atoms with Gasteiger partial charge in [-0.2, -0.15) is 7.11 Å². The van der Waals surface area contributed by atoms with Gasteiger partial charge in [-0.25, -0.2) is 0 Å². The van der Waals surface area contributed by atoms with Gasteiger partial charge in [-0.15, -0.1) is 0 Å². The second-order valence-corrected chi connectivity index (χ2v) is 12.7. The summed E-state index contributed by atoms with van der Waals surface area (Å²) >= 11 is 0. The number of nitrogens with zero attached hydrogens (tertiary/aromatic N) is 2. The zero-order valence-electron chi connectivity index (χ0n) is 34.1. The van der Waals surface area contributed by atoms with E-state index in [1.165, 1.54) is 45.4 Å². The number of methoxy groups -OCH3 is 2. The number of fused-ring (bicyclic) bond motifs is 2. The molecule has 2 aromatic carbocycles. The number of hydrogen-bond donors (Lipinski definition) is 4. The van der Waals surface area contributed by atoms with Gasteiger partial charge in [-0.3, -0.25) is 43.4 Å².